The van der Waals surface area contributed by atoms with Crippen LogP contribution in [0.25, 0.3) is 44.2 Å². The summed E-state index contributed by atoms with van der Waals surface area (Å²) in [7, 11) is 0. The third-order valence-corrected chi connectivity index (χ3v) is 5.51. The summed E-state index contributed by atoms with van der Waals surface area (Å²) in [5.74, 6) is 0. The minimum absolute atomic E-state index is 0.919. The van der Waals surface area contributed by atoms with Crippen LogP contribution in [0, 0.1) is 3.70 Å². The number of aromatic nitrogens is 2. The number of hydrogen-bond donors (Lipinski definition) is 0. The molecule has 0 aliphatic rings. The Balaban J connectivity index is 1.61. The Hall–Kier alpha value is -2.79. The Morgan fingerprint density at radius 1 is 0.519 bits per heavy atom. The topological polar surface area (TPSA) is 25.8 Å². The maximum atomic E-state index is 4.93. The van der Waals surface area contributed by atoms with E-state index in [1.54, 1.807) is 0 Å². The van der Waals surface area contributed by atoms with E-state index >= 15 is 0 Å². The molecule has 128 valence electrons. The zero-order valence-electron chi connectivity index (χ0n) is 14.4. The number of halogens is 1. The molecule has 0 spiro atoms. The SMILES string of the molecule is Ic1nc2cc3ccccc3cc2nc1-c1ccc(-c2ccccc2)cc1. The Kier molecular flexibility index (Phi) is 4.09. The van der Waals surface area contributed by atoms with Crippen molar-refractivity contribution in [3.63, 3.8) is 0 Å². The molecule has 4 aromatic carbocycles. The minimum Gasteiger partial charge on any atom is -0.243 e. The molecule has 0 unspecified atom stereocenters. The molecule has 3 heteroatoms. The normalized spacial score (nSPS) is 11.1. The fraction of sp³-hybridized carbons (Fsp3) is 0. The highest BCUT2D eigenvalue weighted by molar-refractivity contribution is 14.1. The van der Waals surface area contributed by atoms with Gasteiger partial charge in [0.15, 0.2) is 0 Å². The summed E-state index contributed by atoms with van der Waals surface area (Å²) in [6.45, 7) is 0. The van der Waals surface area contributed by atoms with Gasteiger partial charge in [-0.1, -0.05) is 78.9 Å². The van der Waals surface area contributed by atoms with Crippen LogP contribution in [0.15, 0.2) is 91.0 Å². The fourth-order valence-electron chi connectivity index (χ4n) is 3.36. The second-order valence-corrected chi connectivity index (χ2v) is 7.52. The molecule has 5 aromatic rings. The van der Waals surface area contributed by atoms with Crippen LogP contribution < -0.4 is 0 Å². The molecule has 0 radical (unpaired) electrons. The highest BCUT2D eigenvalue weighted by atomic mass is 127. The second kappa shape index (κ2) is 6.74. The van der Waals surface area contributed by atoms with Crippen molar-refractivity contribution in [2.75, 3.05) is 0 Å². The smallest absolute Gasteiger partial charge is 0.128 e. The van der Waals surface area contributed by atoms with Gasteiger partial charge >= 0.3 is 0 Å². The van der Waals surface area contributed by atoms with Gasteiger partial charge in [-0.25, -0.2) is 9.97 Å². The number of benzene rings is 4. The van der Waals surface area contributed by atoms with Crippen LogP contribution >= 0.6 is 22.6 Å². The minimum atomic E-state index is 0.919. The summed E-state index contributed by atoms with van der Waals surface area (Å²) in [5, 5.41) is 2.38. The predicted molar refractivity (Wildman–Crippen MR) is 121 cm³/mol. The zero-order valence-corrected chi connectivity index (χ0v) is 16.6. The van der Waals surface area contributed by atoms with Crippen molar-refractivity contribution in [1.82, 2.24) is 9.97 Å². The van der Waals surface area contributed by atoms with Crippen molar-refractivity contribution in [2.24, 2.45) is 0 Å². The molecule has 1 aromatic heterocycles. The molecule has 27 heavy (non-hydrogen) atoms. The van der Waals surface area contributed by atoms with Gasteiger partial charge in [0.25, 0.3) is 0 Å². The van der Waals surface area contributed by atoms with E-state index in [1.807, 2.05) is 6.07 Å². The zero-order chi connectivity index (χ0) is 18.2. The van der Waals surface area contributed by atoms with Crippen molar-refractivity contribution in [3.8, 4) is 22.4 Å². The molecule has 0 amide bonds. The summed E-state index contributed by atoms with van der Waals surface area (Å²) in [4.78, 5) is 9.73. The highest BCUT2D eigenvalue weighted by Gasteiger charge is 2.10. The van der Waals surface area contributed by atoms with E-state index in [1.165, 1.54) is 21.9 Å². The lowest BCUT2D eigenvalue weighted by molar-refractivity contribution is 1.25. The molecule has 0 aliphatic heterocycles. The molecule has 0 saturated carbocycles. The van der Waals surface area contributed by atoms with Crippen LogP contribution in [0.1, 0.15) is 0 Å². The van der Waals surface area contributed by atoms with Crippen molar-refractivity contribution >= 4 is 44.4 Å². The average Bonchev–Trinajstić information content (AvgIpc) is 2.73. The Labute approximate surface area is 171 Å². The van der Waals surface area contributed by atoms with Gasteiger partial charge in [-0.15, -0.1) is 0 Å². The van der Waals surface area contributed by atoms with Crippen LogP contribution in [0.2, 0.25) is 0 Å². The van der Waals surface area contributed by atoms with Gasteiger partial charge in [0.1, 0.15) is 9.39 Å². The predicted octanol–water partition coefficient (Wildman–Crippen LogP) is 6.72. The van der Waals surface area contributed by atoms with Crippen LogP contribution in [0.5, 0.6) is 0 Å². The Morgan fingerprint density at radius 2 is 1.04 bits per heavy atom. The summed E-state index contributed by atoms with van der Waals surface area (Å²) in [6, 6.07) is 31.5. The Morgan fingerprint density at radius 3 is 1.70 bits per heavy atom. The maximum Gasteiger partial charge on any atom is 0.128 e. The lowest BCUT2D eigenvalue weighted by atomic mass is 10.0. The van der Waals surface area contributed by atoms with Gasteiger partial charge in [-0.2, -0.15) is 0 Å². The molecule has 1 heterocycles. The second-order valence-electron chi connectivity index (χ2n) is 6.49. The first-order valence-corrected chi connectivity index (χ1v) is 9.88. The van der Waals surface area contributed by atoms with Crippen molar-refractivity contribution in [1.29, 1.82) is 0 Å². The standard InChI is InChI=1S/C24H15IN2/c25-24-23(18-12-10-17(11-13-18)16-6-2-1-3-7-16)26-21-14-19-8-4-5-9-20(19)15-22(21)27-24/h1-15H. The molecule has 0 fully saturated rings. The maximum absolute atomic E-state index is 4.93. The molecular formula is C24H15IN2. The average molecular weight is 458 g/mol. The van der Waals surface area contributed by atoms with E-state index in [9.17, 15) is 0 Å². The van der Waals surface area contributed by atoms with Crippen LogP contribution in [-0.2, 0) is 0 Å². The summed E-state index contributed by atoms with van der Waals surface area (Å²) < 4.78 is 0.919. The highest BCUT2D eigenvalue weighted by Crippen LogP contribution is 2.29. The number of hydrogen-bond acceptors (Lipinski definition) is 2. The molecule has 2 nitrogen and oxygen atoms in total. The first-order valence-electron chi connectivity index (χ1n) is 8.80. The van der Waals surface area contributed by atoms with E-state index in [-0.39, 0.29) is 0 Å². The number of nitrogens with zero attached hydrogens (tertiary/aromatic N) is 2. The third-order valence-electron chi connectivity index (χ3n) is 4.75. The first-order chi connectivity index (χ1) is 13.3. The van der Waals surface area contributed by atoms with Gasteiger partial charge in [-0.05, 0) is 56.6 Å². The van der Waals surface area contributed by atoms with Crippen molar-refractivity contribution in [3.05, 3.63) is 94.7 Å². The summed E-state index contributed by atoms with van der Waals surface area (Å²) in [5.41, 5.74) is 6.29. The molecule has 0 aliphatic carbocycles. The van der Waals surface area contributed by atoms with Crippen molar-refractivity contribution < 1.29 is 0 Å². The van der Waals surface area contributed by atoms with Crippen LogP contribution in [0.4, 0.5) is 0 Å². The van der Waals surface area contributed by atoms with E-state index in [4.69, 9.17) is 9.97 Å². The molecule has 5 rings (SSSR count). The molecule has 0 saturated heterocycles. The lowest BCUT2D eigenvalue weighted by Gasteiger charge is -2.08. The van der Waals surface area contributed by atoms with E-state index in [0.29, 0.717) is 0 Å². The van der Waals surface area contributed by atoms with Crippen LogP contribution in [0.3, 0.4) is 0 Å². The van der Waals surface area contributed by atoms with E-state index in [0.717, 1.165) is 26.0 Å². The number of rotatable bonds is 2. The molecule has 0 N–H and O–H groups in total. The monoisotopic (exact) mass is 458 g/mol. The van der Waals surface area contributed by atoms with Crippen LogP contribution in [-0.4, -0.2) is 9.97 Å². The summed E-state index contributed by atoms with van der Waals surface area (Å²) in [6.07, 6.45) is 0. The Bertz CT molecular complexity index is 1260. The van der Waals surface area contributed by atoms with E-state index in [2.05, 4.69) is 108 Å². The van der Waals surface area contributed by atoms with Gasteiger partial charge < -0.3 is 0 Å². The fourth-order valence-corrected chi connectivity index (χ4v) is 4.05. The van der Waals surface area contributed by atoms with Gasteiger partial charge in [0, 0.05) is 5.56 Å². The first kappa shape index (κ1) is 16.4. The molecular weight excluding hydrogens is 443 g/mol. The summed E-state index contributed by atoms with van der Waals surface area (Å²) >= 11 is 2.28. The largest absolute Gasteiger partial charge is 0.243 e. The third kappa shape index (κ3) is 3.08. The van der Waals surface area contributed by atoms with Gasteiger partial charge in [0.05, 0.1) is 11.0 Å². The van der Waals surface area contributed by atoms with E-state index < -0.39 is 0 Å². The molecule has 0 bridgehead atoms. The van der Waals surface area contributed by atoms with Crippen molar-refractivity contribution in [2.45, 2.75) is 0 Å². The van der Waals surface area contributed by atoms with Gasteiger partial charge in [-0.3, -0.25) is 0 Å². The number of fused-ring (bicyclic) bond motifs is 2. The van der Waals surface area contributed by atoms with Gasteiger partial charge in [0.2, 0.25) is 0 Å². The quantitative estimate of drug-likeness (QED) is 0.217. The lowest BCUT2D eigenvalue weighted by Crippen LogP contribution is -1.94. The molecule has 0 atom stereocenters.